The smallest absolute Gasteiger partial charge is 0.382 e. The lowest BCUT2D eigenvalue weighted by atomic mass is 10.1. The van der Waals surface area contributed by atoms with Crippen molar-refractivity contribution in [3.05, 3.63) is 45.3 Å². The Bertz CT molecular complexity index is 617. The molecule has 104 valence electrons. The van der Waals surface area contributed by atoms with Crippen LogP contribution in [0.3, 0.4) is 0 Å². The lowest BCUT2D eigenvalue weighted by Gasteiger charge is -2.19. The molecule has 1 fully saturated rings. The number of hydrogen-bond donors (Lipinski definition) is 3. The second-order valence-corrected chi connectivity index (χ2v) is 4.03. The van der Waals surface area contributed by atoms with Crippen LogP contribution < -0.4 is 11.2 Å². The van der Waals surface area contributed by atoms with E-state index < -0.39 is 35.8 Å². The van der Waals surface area contributed by atoms with Gasteiger partial charge in [-0.2, -0.15) is 8.78 Å². The molecule has 0 aromatic carbocycles. The third-order valence-corrected chi connectivity index (χ3v) is 2.71. The number of ether oxygens (including phenoxy) is 1. The molecule has 7 nitrogen and oxygen atoms in total. The molecule has 9 heteroatoms. The van der Waals surface area contributed by atoms with E-state index in [-0.39, 0.29) is 5.57 Å². The Labute approximate surface area is 104 Å². The Morgan fingerprint density at radius 3 is 2.58 bits per heavy atom. The number of nitrogens with zero attached hydrogens (tertiary/aromatic N) is 1. The molecule has 0 radical (unpaired) electrons. The average molecular weight is 276 g/mol. The highest BCUT2D eigenvalue weighted by Crippen LogP contribution is 2.38. The van der Waals surface area contributed by atoms with E-state index >= 15 is 0 Å². The first-order chi connectivity index (χ1) is 8.71. The van der Waals surface area contributed by atoms with Crippen molar-refractivity contribution >= 4 is 0 Å². The molecule has 1 aromatic heterocycles. The van der Waals surface area contributed by atoms with Crippen LogP contribution in [0.2, 0.25) is 0 Å². The van der Waals surface area contributed by atoms with Crippen molar-refractivity contribution in [2.75, 3.05) is 0 Å². The summed E-state index contributed by atoms with van der Waals surface area (Å²) in [5.41, 5.74) is -1.81. The first kappa shape index (κ1) is 13.6. The van der Waals surface area contributed by atoms with Crippen LogP contribution in [0.15, 0.2) is 34.0 Å². The van der Waals surface area contributed by atoms with Crippen LogP contribution in [0.4, 0.5) is 8.78 Å². The fourth-order valence-electron chi connectivity index (χ4n) is 1.77. The second-order valence-electron chi connectivity index (χ2n) is 4.03. The van der Waals surface area contributed by atoms with Gasteiger partial charge in [0.15, 0.2) is 12.3 Å². The summed E-state index contributed by atoms with van der Waals surface area (Å²) in [7, 11) is 0. The van der Waals surface area contributed by atoms with E-state index in [4.69, 9.17) is 9.84 Å². The molecule has 2 rings (SSSR count). The number of alkyl halides is 2. The van der Waals surface area contributed by atoms with Crippen LogP contribution in [-0.4, -0.2) is 38.1 Å². The maximum absolute atomic E-state index is 12.8. The van der Waals surface area contributed by atoms with E-state index in [0.717, 1.165) is 16.8 Å². The summed E-state index contributed by atoms with van der Waals surface area (Å²) in [6.07, 6.45) is -8.75. The predicted octanol–water partition coefficient (Wildman–Crippen LogP) is -1.06. The quantitative estimate of drug-likeness (QED) is 0.597. The van der Waals surface area contributed by atoms with E-state index in [1.807, 2.05) is 4.98 Å². The second kappa shape index (κ2) is 4.37. The first-order valence-corrected chi connectivity index (χ1v) is 5.15. The molecule has 1 aromatic rings. The molecule has 0 unspecified atom stereocenters. The van der Waals surface area contributed by atoms with Crippen molar-refractivity contribution < 1.29 is 23.7 Å². The largest absolute Gasteiger partial charge is 0.386 e. The lowest BCUT2D eigenvalue weighted by molar-refractivity contribution is -0.282. The minimum Gasteiger partial charge on any atom is -0.386 e. The summed E-state index contributed by atoms with van der Waals surface area (Å²) in [5, 5.41) is 18.1. The Morgan fingerprint density at radius 1 is 1.47 bits per heavy atom. The molecule has 1 aliphatic heterocycles. The molecule has 1 aliphatic rings. The number of halogens is 2. The fourth-order valence-corrected chi connectivity index (χ4v) is 1.77. The minimum atomic E-state index is -4.29. The number of rotatable bonds is 2. The molecule has 2 heterocycles. The van der Waals surface area contributed by atoms with Crippen LogP contribution in [0, 0.1) is 0 Å². The predicted molar refractivity (Wildman–Crippen MR) is 57.5 cm³/mol. The van der Waals surface area contributed by atoms with Crippen LogP contribution in [-0.2, 0) is 4.74 Å². The number of hydrogen-bond acceptors (Lipinski definition) is 5. The van der Waals surface area contributed by atoms with Gasteiger partial charge in [0.05, 0.1) is 0 Å². The summed E-state index contributed by atoms with van der Waals surface area (Å²) in [6, 6.07) is 0.981. The number of aromatic amines is 1. The van der Waals surface area contributed by atoms with E-state index in [9.17, 15) is 23.5 Å². The topological polar surface area (TPSA) is 105 Å². The Balaban J connectivity index is 2.40. The van der Waals surface area contributed by atoms with Gasteiger partial charge < -0.3 is 14.9 Å². The van der Waals surface area contributed by atoms with Gasteiger partial charge in [0, 0.05) is 17.8 Å². The van der Waals surface area contributed by atoms with E-state index in [1.165, 1.54) is 0 Å². The van der Waals surface area contributed by atoms with Crippen LogP contribution >= 0.6 is 0 Å². The van der Waals surface area contributed by atoms with Gasteiger partial charge in [0.2, 0.25) is 0 Å². The van der Waals surface area contributed by atoms with Gasteiger partial charge >= 0.3 is 11.8 Å². The summed E-state index contributed by atoms with van der Waals surface area (Å²) in [5.74, 6) is 0. The average Bonchev–Trinajstić information content (AvgIpc) is 2.56. The number of nitrogens with one attached hydrogen (secondary N) is 1. The van der Waals surface area contributed by atoms with Gasteiger partial charge in [-0.1, -0.05) is 6.58 Å². The molecule has 19 heavy (non-hydrogen) atoms. The van der Waals surface area contributed by atoms with Gasteiger partial charge in [-0.05, 0) is 0 Å². The van der Waals surface area contributed by atoms with Gasteiger partial charge in [-0.15, -0.1) is 0 Å². The SMILES string of the molecule is C=C1[C@H](n2ccc(=O)[nH]c2=O)O[C@H](C(O)(F)F)[C@H]1O. The zero-order valence-electron chi connectivity index (χ0n) is 9.42. The van der Waals surface area contributed by atoms with Gasteiger partial charge in [0.25, 0.3) is 5.56 Å². The molecule has 3 atom stereocenters. The molecular weight excluding hydrogens is 266 g/mol. The van der Waals surface area contributed by atoms with Crippen LogP contribution in [0.25, 0.3) is 0 Å². The van der Waals surface area contributed by atoms with Crippen molar-refractivity contribution in [3.8, 4) is 0 Å². The summed E-state index contributed by atoms with van der Waals surface area (Å²) in [6.45, 7) is 3.35. The van der Waals surface area contributed by atoms with Crippen LogP contribution in [0.5, 0.6) is 0 Å². The van der Waals surface area contributed by atoms with Gasteiger partial charge in [-0.3, -0.25) is 14.3 Å². The maximum Gasteiger partial charge on any atom is 0.382 e. The summed E-state index contributed by atoms with van der Waals surface area (Å²) in [4.78, 5) is 24.3. The van der Waals surface area contributed by atoms with Crippen molar-refractivity contribution in [2.24, 2.45) is 0 Å². The number of aromatic nitrogens is 2. The highest BCUT2D eigenvalue weighted by molar-refractivity contribution is 5.16. The summed E-state index contributed by atoms with van der Waals surface area (Å²) >= 11 is 0. The monoisotopic (exact) mass is 276 g/mol. The normalized spacial score (nSPS) is 27.8. The van der Waals surface area contributed by atoms with Gasteiger partial charge in [-0.25, -0.2) is 4.79 Å². The molecule has 0 amide bonds. The van der Waals surface area contributed by atoms with E-state index in [2.05, 4.69) is 6.58 Å². The highest BCUT2D eigenvalue weighted by Gasteiger charge is 2.52. The number of H-pyrrole nitrogens is 1. The van der Waals surface area contributed by atoms with Crippen molar-refractivity contribution in [3.63, 3.8) is 0 Å². The molecular formula is C10H10F2N2O5. The van der Waals surface area contributed by atoms with Crippen LogP contribution in [0.1, 0.15) is 6.23 Å². The van der Waals surface area contributed by atoms with Crippen molar-refractivity contribution in [1.82, 2.24) is 9.55 Å². The van der Waals surface area contributed by atoms with Crippen molar-refractivity contribution in [1.29, 1.82) is 0 Å². The summed E-state index contributed by atoms with van der Waals surface area (Å²) < 4.78 is 31.1. The van der Waals surface area contributed by atoms with E-state index in [1.54, 1.807) is 0 Å². The molecule has 0 spiro atoms. The third-order valence-electron chi connectivity index (χ3n) is 2.71. The molecule has 0 aliphatic carbocycles. The van der Waals surface area contributed by atoms with E-state index in [0.29, 0.717) is 0 Å². The molecule has 0 saturated carbocycles. The molecule has 1 saturated heterocycles. The molecule has 3 N–H and O–H groups in total. The van der Waals surface area contributed by atoms with Gasteiger partial charge in [0.1, 0.15) is 6.10 Å². The first-order valence-electron chi connectivity index (χ1n) is 5.15. The standard InChI is InChI=1S/C10H10F2N2O5/c1-4-6(16)7(10(11,12)18)19-8(4)14-3-2-5(15)13-9(14)17/h2-3,6-8,16,18H,1H2,(H,13,15,17)/t6-,7-,8+/m0/s1. The zero-order chi connectivity index (χ0) is 14.4. The number of aliphatic hydroxyl groups is 2. The number of aliphatic hydroxyl groups excluding tert-OH is 1. The lowest BCUT2D eigenvalue weighted by Crippen LogP contribution is -2.40. The minimum absolute atomic E-state index is 0.229. The maximum atomic E-state index is 12.8. The van der Waals surface area contributed by atoms with Crippen molar-refractivity contribution in [2.45, 2.75) is 24.5 Å². The Kier molecular flexibility index (Phi) is 3.12. The zero-order valence-corrected chi connectivity index (χ0v) is 9.42. The Morgan fingerprint density at radius 2 is 2.11 bits per heavy atom. The Hall–Kier alpha value is -1.84. The third kappa shape index (κ3) is 2.35. The molecule has 0 bridgehead atoms. The fraction of sp³-hybridized carbons (Fsp3) is 0.400. The highest BCUT2D eigenvalue weighted by atomic mass is 19.3.